The van der Waals surface area contributed by atoms with Crippen molar-refractivity contribution < 1.29 is 4.74 Å². The lowest BCUT2D eigenvalue weighted by Crippen LogP contribution is -2.16. The number of hydrogen-bond acceptors (Lipinski definition) is 6. The SMILES string of the molecule is CCCNCCCc1nnc(-c2ccncc2OC)s1. The number of ether oxygens (including phenoxy) is 1. The maximum Gasteiger partial charge on any atom is 0.151 e. The van der Waals surface area contributed by atoms with Crippen LogP contribution in [-0.2, 0) is 6.42 Å². The van der Waals surface area contributed by atoms with Gasteiger partial charge in [0.25, 0.3) is 0 Å². The Labute approximate surface area is 123 Å². The Kier molecular flexibility index (Phi) is 5.88. The Hall–Kier alpha value is -1.53. The van der Waals surface area contributed by atoms with Crippen LogP contribution in [0.2, 0.25) is 0 Å². The molecule has 2 aromatic rings. The number of methoxy groups -OCH3 is 1. The molecule has 0 saturated carbocycles. The van der Waals surface area contributed by atoms with Crippen LogP contribution >= 0.6 is 11.3 Å². The molecule has 20 heavy (non-hydrogen) atoms. The third-order valence-corrected chi connectivity index (χ3v) is 3.89. The van der Waals surface area contributed by atoms with Crippen LogP contribution < -0.4 is 10.1 Å². The highest BCUT2D eigenvalue weighted by Crippen LogP contribution is 2.31. The monoisotopic (exact) mass is 292 g/mol. The topological polar surface area (TPSA) is 59.9 Å². The quantitative estimate of drug-likeness (QED) is 0.758. The number of aryl methyl sites for hydroxylation is 1. The summed E-state index contributed by atoms with van der Waals surface area (Å²) in [6, 6.07) is 1.91. The van der Waals surface area contributed by atoms with E-state index in [0.29, 0.717) is 0 Å². The third-order valence-electron chi connectivity index (χ3n) is 2.87. The Balaban J connectivity index is 1.95. The molecule has 0 spiro atoms. The van der Waals surface area contributed by atoms with Crippen molar-refractivity contribution in [2.24, 2.45) is 0 Å². The van der Waals surface area contributed by atoms with Crippen molar-refractivity contribution in [2.45, 2.75) is 26.2 Å². The van der Waals surface area contributed by atoms with Gasteiger partial charge in [-0.2, -0.15) is 0 Å². The molecular formula is C14H20N4OS. The first kappa shape index (κ1) is 14.9. The first-order valence-electron chi connectivity index (χ1n) is 6.86. The average Bonchev–Trinajstić information content (AvgIpc) is 2.95. The van der Waals surface area contributed by atoms with E-state index in [2.05, 4.69) is 27.4 Å². The number of pyridine rings is 1. The standard InChI is InChI=1S/C14H20N4OS/c1-3-7-15-8-4-5-13-17-18-14(20-13)11-6-9-16-10-12(11)19-2/h6,9-10,15H,3-5,7-8H2,1-2H3. The smallest absolute Gasteiger partial charge is 0.151 e. The van der Waals surface area contributed by atoms with E-state index in [4.69, 9.17) is 4.74 Å². The molecule has 2 aromatic heterocycles. The molecule has 0 fully saturated rings. The minimum atomic E-state index is 0.736. The van der Waals surface area contributed by atoms with Crippen molar-refractivity contribution in [3.63, 3.8) is 0 Å². The maximum atomic E-state index is 5.30. The maximum absolute atomic E-state index is 5.30. The molecule has 2 heterocycles. The fourth-order valence-corrected chi connectivity index (χ4v) is 2.76. The van der Waals surface area contributed by atoms with E-state index >= 15 is 0 Å². The molecule has 0 aromatic carbocycles. The zero-order chi connectivity index (χ0) is 14.2. The van der Waals surface area contributed by atoms with Gasteiger partial charge < -0.3 is 10.1 Å². The second kappa shape index (κ2) is 7.91. The summed E-state index contributed by atoms with van der Waals surface area (Å²) in [5.74, 6) is 0.736. The van der Waals surface area contributed by atoms with Crippen LogP contribution in [0.1, 0.15) is 24.8 Å². The van der Waals surface area contributed by atoms with E-state index in [-0.39, 0.29) is 0 Å². The van der Waals surface area contributed by atoms with Crippen molar-refractivity contribution in [3.05, 3.63) is 23.5 Å². The Morgan fingerprint density at radius 3 is 3.00 bits per heavy atom. The summed E-state index contributed by atoms with van der Waals surface area (Å²) in [6.07, 6.45) is 6.66. The normalized spacial score (nSPS) is 10.7. The highest BCUT2D eigenvalue weighted by atomic mass is 32.1. The molecule has 0 aliphatic carbocycles. The number of nitrogens with one attached hydrogen (secondary N) is 1. The lowest BCUT2D eigenvalue weighted by atomic mass is 10.2. The summed E-state index contributed by atoms with van der Waals surface area (Å²) in [4.78, 5) is 4.05. The summed E-state index contributed by atoms with van der Waals surface area (Å²) >= 11 is 1.62. The molecule has 1 N–H and O–H groups in total. The summed E-state index contributed by atoms with van der Waals surface area (Å²) in [6.45, 7) is 4.28. The van der Waals surface area contributed by atoms with Crippen molar-refractivity contribution in [1.29, 1.82) is 0 Å². The number of aromatic nitrogens is 3. The van der Waals surface area contributed by atoms with E-state index < -0.39 is 0 Å². The van der Waals surface area contributed by atoms with Gasteiger partial charge in [-0.05, 0) is 32.0 Å². The molecule has 6 heteroatoms. The van der Waals surface area contributed by atoms with E-state index in [1.165, 1.54) is 6.42 Å². The van der Waals surface area contributed by atoms with E-state index in [0.717, 1.165) is 47.3 Å². The molecule has 108 valence electrons. The summed E-state index contributed by atoms with van der Waals surface area (Å²) in [5, 5.41) is 13.8. The van der Waals surface area contributed by atoms with Gasteiger partial charge in [0.2, 0.25) is 0 Å². The van der Waals surface area contributed by atoms with Gasteiger partial charge in [0, 0.05) is 12.6 Å². The molecule has 5 nitrogen and oxygen atoms in total. The van der Waals surface area contributed by atoms with Crippen LogP contribution in [0.4, 0.5) is 0 Å². The van der Waals surface area contributed by atoms with Gasteiger partial charge in [-0.3, -0.25) is 4.98 Å². The molecule has 0 unspecified atom stereocenters. The Bertz CT molecular complexity index is 529. The highest BCUT2D eigenvalue weighted by molar-refractivity contribution is 7.14. The Morgan fingerprint density at radius 1 is 1.30 bits per heavy atom. The minimum absolute atomic E-state index is 0.736. The molecule has 0 saturated heterocycles. The van der Waals surface area contributed by atoms with Crippen LogP contribution in [0.25, 0.3) is 10.6 Å². The van der Waals surface area contributed by atoms with Crippen LogP contribution in [0.5, 0.6) is 5.75 Å². The number of nitrogens with zero attached hydrogens (tertiary/aromatic N) is 3. The third kappa shape index (κ3) is 3.98. The van der Waals surface area contributed by atoms with Gasteiger partial charge >= 0.3 is 0 Å². The summed E-state index contributed by atoms with van der Waals surface area (Å²) in [7, 11) is 1.64. The second-order valence-electron chi connectivity index (χ2n) is 4.43. The fourth-order valence-electron chi connectivity index (χ4n) is 1.85. The van der Waals surface area contributed by atoms with Gasteiger partial charge in [0.15, 0.2) is 5.01 Å². The van der Waals surface area contributed by atoms with Gasteiger partial charge in [0.05, 0.1) is 18.9 Å². The summed E-state index contributed by atoms with van der Waals surface area (Å²) in [5.41, 5.74) is 0.954. The zero-order valence-corrected chi connectivity index (χ0v) is 12.7. The van der Waals surface area contributed by atoms with Crippen LogP contribution in [0, 0.1) is 0 Å². The molecule has 0 bridgehead atoms. The fraction of sp³-hybridized carbons (Fsp3) is 0.500. The lowest BCUT2D eigenvalue weighted by molar-refractivity contribution is 0.414. The largest absolute Gasteiger partial charge is 0.494 e. The minimum Gasteiger partial charge on any atom is -0.494 e. The second-order valence-corrected chi connectivity index (χ2v) is 5.49. The lowest BCUT2D eigenvalue weighted by Gasteiger charge is -2.03. The van der Waals surface area contributed by atoms with Crippen molar-refractivity contribution in [1.82, 2.24) is 20.5 Å². The van der Waals surface area contributed by atoms with Crippen molar-refractivity contribution in [3.8, 4) is 16.3 Å². The molecule has 2 rings (SSSR count). The zero-order valence-electron chi connectivity index (χ0n) is 11.9. The summed E-state index contributed by atoms with van der Waals surface area (Å²) < 4.78 is 5.30. The average molecular weight is 292 g/mol. The van der Waals surface area contributed by atoms with Gasteiger partial charge in [-0.25, -0.2) is 0 Å². The highest BCUT2D eigenvalue weighted by Gasteiger charge is 2.11. The predicted molar refractivity (Wildman–Crippen MR) is 81.2 cm³/mol. The molecule has 0 aliphatic rings. The van der Waals surface area contributed by atoms with Gasteiger partial charge in [-0.1, -0.05) is 18.3 Å². The molecule has 0 amide bonds. The van der Waals surface area contributed by atoms with Crippen LogP contribution in [0.15, 0.2) is 18.5 Å². The number of hydrogen-bond donors (Lipinski definition) is 1. The predicted octanol–water partition coefficient (Wildman–Crippen LogP) is 2.54. The van der Waals surface area contributed by atoms with Gasteiger partial charge in [-0.15, -0.1) is 10.2 Å². The first-order chi connectivity index (χ1) is 9.85. The molecule has 0 atom stereocenters. The number of rotatable bonds is 8. The van der Waals surface area contributed by atoms with Crippen LogP contribution in [0.3, 0.4) is 0 Å². The Morgan fingerprint density at radius 2 is 2.20 bits per heavy atom. The van der Waals surface area contributed by atoms with Crippen LogP contribution in [-0.4, -0.2) is 35.4 Å². The molecular weight excluding hydrogens is 272 g/mol. The van der Waals surface area contributed by atoms with E-state index in [1.54, 1.807) is 30.8 Å². The van der Waals surface area contributed by atoms with E-state index in [1.807, 2.05) is 6.07 Å². The van der Waals surface area contributed by atoms with Crippen molar-refractivity contribution >= 4 is 11.3 Å². The van der Waals surface area contributed by atoms with Crippen molar-refractivity contribution in [2.75, 3.05) is 20.2 Å². The van der Waals surface area contributed by atoms with Gasteiger partial charge in [0.1, 0.15) is 10.8 Å². The van der Waals surface area contributed by atoms with E-state index in [9.17, 15) is 0 Å². The molecule has 0 aliphatic heterocycles. The first-order valence-corrected chi connectivity index (χ1v) is 7.68. The molecule has 0 radical (unpaired) electrons.